The number of hydrogen-bond acceptors (Lipinski definition) is 8. The van der Waals surface area contributed by atoms with Crippen molar-refractivity contribution in [3.8, 4) is 11.4 Å². The molecule has 1 spiro atoms. The first kappa shape index (κ1) is 30.5. The average Bonchev–Trinajstić information content (AvgIpc) is 3.77. The van der Waals surface area contributed by atoms with Crippen LogP contribution in [-0.4, -0.2) is 81.8 Å². The number of rotatable bonds is 7. The Hall–Kier alpha value is -4.19. The third kappa shape index (κ3) is 5.56. The predicted molar refractivity (Wildman–Crippen MR) is 173 cm³/mol. The van der Waals surface area contributed by atoms with Crippen molar-refractivity contribution in [3.05, 3.63) is 93.7 Å². The normalized spacial score (nSPS) is 20.7. The molecule has 1 aromatic heterocycles. The number of amides is 2. The number of halogens is 2. The lowest BCUT2D eigenvalue weighted by Gasteiger charge is -2.44. The average molecular weight is 663 g/mol. The van der Waals surface area contributed by atoms with E-state index in [1.807, 2.05) is 53.4 Å². The number of carbonyl (C=O) groups is 2. The van der Waals surface area contributed by atoms with E-state index in [4.69, 9.17) is 32.7 Å². The van der Waals surface area contributed by atoms with Gasteiger partial charge in [0, 0.05) is 50.0 Å². The lowest BCUT2D eigenvalue weighted by atomic mass is 9.76. The second-order valence-electron chi connectivity index (χ2n) is 12.2. The Bertz CT molecular complexity index is 1780. The summed E-state index contributed by atoms with van der Waals surface area (Å²) in [5.74, 6) is 0.358. The number of likely N-dealkylation sites (tertiary alicyclic amines) is 2. The van der Waals surface area contributed by atoms with E-state index in [-0.39, 0.29) is 11.3 Å². The molecule has 4 aromatic rings. The van der Waals surface area contributed by atoms with Crippen molar-refractivity contribution < 1.29 is 19.1 Å². The van der Waals surface area contributed by atoms with Crippen LogP contribution in [0.2, 0.25) is 10.0 Å². The van der Waals surface area contributed by atoms with Crippen molar-refractivity contribution >= 4 is 40.9 Å². The fourth-order valence-corrected chi connectivity index (χ4v) is 7.45. The van der Waals surface area contributed by atoms with Gasteiger partial charge in [0.1, 0.15) is 17.7 Å². The Balaban J connectivity index is 1.11. The number of carbonyl (C=O) groups excluding carboxylic acids is 2. The van der Waals surface area contributed by atoms with Crippen molar-refractivity contribution in [2.24, 2.45) is 0 Å². The van der Waals surface area contributed by atoms with Crippen LogP contribution in [0.1, 0.15) is 47.2 Å². The molecule has 0 unspecified atom stereocenters. The molecule has 2 amide bonds. The number of piperidine rings is 1. The molecule has 238 valence electrons. The number of tetrazole rings is 1. The van der Waals surface area contributed by atoms with Crippen molar-refractivity contribution in [1.82, 2.24) is 30.0 Å². The number of ether oxygens (including phenoxy) is 2. The van der Waals surface area contributed by atoms with E-state index in [0.29, 0.717) is 53.0 Å². The van der Waals surface area contributed by atoms with Gasteiger partial charge in [-0.25, -0.2) is 9.48 Å². The molecule has 4 heterocycles. The molecule has 2 saturated heterocycles. The lowest BCUT2D eigenvalue weighted by Crippen LogP contribution is -2.49. The van der Waals surface area contributed by atoms with Gasteiger partial charge in [-0.3, -0.25) is 10.1 Å². The SMILES string of the molecule is COc1ccc(-n2cnnn2)cc1C(=O)N1CC[C@](CCN2CCC3(CC2)OC(=O)Nc2ccccc23)(c2ccc(Cl)c(Cl)c2)C1. The van der Waals surface area contributed by atoms with Crippen molar-refractivity contribution in [2.75, 3.05) is 45.2 Å². The Morgan fingerprint density at radius 3 is 2.61 bits per heavy atom. The quantitative estimate of drug-likeness (QED) is 0.268. The Kier molecular flexibility index (Phi) is 8.08. The van der Waals surface area contributed by atoms with Crippen molar-refractivity contribution in [2.45, 2.75) is 36.7 Å². The number of aromatic nitrogens is 4. The summed E-state index contributed by atoms with van der Waals surface area (Å²) in [4.78, 5) is 30.8. The number of methoxy groups -OCH3 is 1. The molecule has 3 aromatic carbocycles. The van der Waals surface area contributed by atoms with E-state index >= 15 is 0 Å². The van der Waals surface area contributed by atoms with E-state index in [2.05, 4.69) is 25.7 Å². The number of hydrogen-bond donors (Lipinski definition) is 1. The molecule has 46 heavy (non-hydrogen) atoms. The summed E-state index contributed by atoms with van der Waals surface area (Å²) in [6.45, 7) is 3.45. The molecule has 3 aliphatic heterocycles. The van der Waals surface area contributed by atoms with Gasteiger partial charge in [0.15, 0.2) is 0 Å². The molecule has 11 nitrogen and oxygen atoms in total. The zero-order chi connectivity index (χ0) is 31.9. The van der Waals surface area contributed by atoms with Crippen LogP contribution in [0.25, 0.3) is 5.69 Å². The number of nitrogens with one attached hydrogen (secondary N) is 1. The minimum absolute atomic E-state index is 0.125. The Morgan fingerprint density at radius 1 is 1.02 bits per heavy atom. The molecule has 0 aliphatic carbocycles. The van der Waals surface area contributed by atoms with Crippen LogP contribution in [0, 0.1) is 0 Å². The number of anilines is 1. The Labute approximate surface area is 276 Å². The molecule has 0 radical (unpaired) electrons. The summed E-state index contributed by atoms with van der Waals surface area (Å²) < 4.78 is 13.0. The molecule has 3 aliphatic rings. The van der Waals surface area contributed by atoms with E-state index in [1.165, 1.54) is 11.0 Å². The predicted octanol–water partition coefficient (Wildman–Crippen LogP) is 5.71. The number of nitrogens with zero attached hydrogens (tertiary/aromatic N) is 6. The smallest absolute Gasteiger partial charge is 0.412 e. The summed E-state index contributed by atoms with van der Waals surface area (Å²) >= 11 is 12.9. The minimum Gasteiger partial charge on any atom is -0.496 e. The highest BCUT2D eigenvalue weighted by molar-refractivity contribution is 6.42. The van der Waals surface area contributed by atoms with Gasteiger partial charge in [-0.15, -0.1) is 5.10 Å². The van der Waals surface area contributed by atoms with E-state index in [1.54, 1.807) is 19.2 Å². The van der Waals surface area contributed by atoms with Gasteiger partial charge in [0.05, 0.1) is 34.1 Å². The largest absolute Gasteiger partial charge is 0.496 e. The summed E-state index contributed by atoms with van der Waals surface area (Å²) in [6, 6.07) is 19.0. The summed E-state index contributed by atoms with van der Waals surface area (Å²) in [5, 5.41) is 15.2. The monoisotopic (exact) mass is 661 g/mol. The van der Waals surface area contributed by atoms with Gasteiger partial charge in [0.2, 0.25) is 0 Å². The highest BCUT2D eigenvalue weighted by Crippen LogP contribution is 2.45. The van der Waals surface area contributed by atoms with Crippen LogP contribution in [0.4, 0.5) is 10.5 Å². The maximum atomic E-state index is 14.1. The van der Waals surface area contributed by atoms with Gasteiger partial charge in [0.25, 0.3) is 5.91 Å². The topological polar surface area (TPSA) is 115 Å². The molecular weight excluding hydrogens is 629 g/mol. The molecule has 0 saturated carbocycles. The molecule has 13 heteroatoms. The van der Waals surface area contributed by atoms with Crippen LogP contribution < -0.4 is 10.1 Å². The van der Waals surface area contributed by atoms with Crippen LogP contribution in [-0.2, 0) is 15.8 Å². The fourth-order valence-electron chi connectivity index (χ4n) is 7.15. The maximum absolute atomic E-state index is 14.1. The summed E-state index contributed by atoms with van der Waals surface area (Å²) in [7, 11) is 1.55. The molecule has 2 fully saturated rings. The van der Waals surface area contributed by atoms with E-state index in [0.717, 1.165) is 49.3 Å². The van der Waals surface area contributed by atoms with Gasteiger partial charge in [-0.05, 0) is 71.8 Å². The third-order valence-electron chi connectivity index (χ3n) is 9.71. The van der Waals surface area contributed by atoms with Crippen LogP contribution >= 0.6 is 23.2 Å². The molecule has 0 bridgehead atoms. The number of fused-ring (bicyclic) bond motifs is 2. The first-order chi connectivity index (χ1) is 22.3. The van der Waals surface area contributed by atoms with Crippen LogP contribution in [0.15, 0.2) is 67.0 Å². The maximum Gasteiger partial charge on any atom is 0.412 e. The number of benzene rings is 3. The van der Waals surface area contributed by atoms with E-state index < -0.39 is 11.7 Å². The second kappa shape index (κ2) is 12.2. The van der Waals surface area contributed by atoms with E-state index in [9.17, 15) is 9.59 Å². The van der Waals surface area contributed by atoms with Gasteiger partial charge >= 0.3 is 6.09 Å². The van der Waals surface area contributed by atoms with Gasteiger partial charge in [-0.2, -0.15) is 0 Å². The third-order valence-corrected chi connectivity index (χ3v) is 10.5. The highest BCUT2D eigenvalue weighted by Gasteiger charge is 2.46. The zero-order valence-electron chi connectivity index (χ0n) is 25.3. The minimum atomic E-state index is -0.622. The molecule has 1 atom stereocenters. The van der Waals surface area contributed by atoms with Gasteiger partial charge < -0.3 is 19.3 Å². The molecular formula is C33H33Cl2N7O4. The summed E-state index contributed by atoms with van der Waals surface area (Å²) in [6.07, 6.45) is 4.07. The molecule has 1 N–H and O–H groups in total. The molecule has 7 rings (SSSR count). The van der Waals surface area contributed by atoms with Crippen molar-refractivity contribution in [3.63, 3.8) is 0 Å². The van der Waals surface area contributed by atoms with Crippen LogP contribution in [0.3, 0.4) is 0 Å². The van der Waals surface area contributed by atoms with Crippen LogP contribution in [0.5, 0.6) is 5.75 Å². The first-order valence-corrected chi connectivity index (χ1v) is 16.0. The van der Waals surface area contributed by atoms with Crippen molar-refractivity contribution in [1.29, 1.82) is 0 Å². The highest BCUT2D eigenvalue weighted by atomic mass is 35.5. The van der Waals surface area contributed by atoms with Gasteiger partial charge in [-0.1, -0.05) is 47.5 Å². The first-order valence-electron chi connectivity index (χ1n) is 15.3. The number of para-hydroxylation sites is 1. The second-order valence-corrected chi connectivity index (χ2v) is 13.0. The zero-order valence-corrected chi connectivity index (χ0v) is 26.8. The fraction of sp³-hybridized carbons (Fsp3) is 0.364. The summed E-state index contributed by atoms with van der Waals surface area (Å²) in [5.41, 5.74) is 3.05. The standard InChI is InChI=1S/C33H33Cl2N7O4/c1-45-29-9-7-23(42-21-36-38-39-42)19-24(29)30(43)41-17-11-32(20-41,22-6-8-26(34)27(35)18-22)10-14-40-15-12-33(13-16-40)25-4-2-3-5-28(25)37-31(44)46-33/h2-9,18-19,21H,10-17,20H2,1H3,(H,37,44)/t32-/m0/s1. The Morgan fingerprint density at radius 2 is 1.85 bits per heavy atom. The lowest BCUT2D eigenvalue weighted by molar-refractivity contribution is -0.0387.